The van der Waals surface area contributed by atoms with Crippen LogP contribution in [0.3, 0.4) is 0 Å². The largest absolute Gasteiger partial charge is 0.475 e. The lowest BCUT2D eigenvalue weighted by Crippen LogP contribution is -2.56. The van der Waals surface area contributed by atoms with Crippen molar-refractivity contribution in [3.05, 3.63) is 29.6 Å². The van der Waals surface area contributed by atoms with Crippen molar-refractivity contribution in [3.63, 3.8) is 0 Å². The molecule has 31 heavy (non-hydrogen) atoms. The van der Waals surface area contributed by atoms with Crippen LogP contribution in [-0.4, -0.2) is 53.3 Å². The standard InChI is InChI=1S/C20H26F3N5O3/c1-10(2)31-13-4-3-12(9-26-13)28-7-5-11(6-8-28)16(24)14-15(20(21,22)23)17(29)19(30)27-18(14)25/h3-4,9-11,15,17,29H,5-8,24H2,1-2H3,(H2,25,27,30)/t15-,17-/m1/s1. The lowest BCUT2D eigenvalue weighted by Gasteiger charge is -2.37. The van der Waals surface area contributed by atoms with E-state index in [4.69, 9.17) is 15.9 Å². The minimum Gasteiger partial charge on any atom is -0.475 e. The average molecular weight is 441 g/mol. The van der Waals surface area contributed by atoms with Gasteiger partial charge in [-0.25, -0.2) is 4.98 Å². The van der Waals surface area contributed by atoms with Gasteiger partial charge in [0.2, 0.25) is 5.88 Å². The lowest BCUT2D eigenvalue weighted by molar-refractivity contribution is -0.191. The highest BCUT2D eigenvalue weighted by molar-refractivity contribution is 6.11. The van der Waals surface area contributed by atoms with Crippen molar-refractivity contribution in [3.8, 4) is 5.88 Å². The number of amidine groups is 1. The van der Waals surface area contributed by atoms with Gasteiger partial charge in [-0.15, -0.1) is 0 Å². The number of anilines is 1. The van der Waals surface area contributed by atoms with Gasteiger partial charge in [0.25, 0.3) is 5.91 Å². The van der Waals surface area contributed by atoms with Crippen LogP contribution in [0.15, 0.2) is 29.6 Å². The molecule has 0 aliphatic carbocycles. The molecule has 2 aliphatic rings. The number of allylic oxidation sites excluding steroid dienone is 1. The van der Waals surface area contributed by atoms with Gasteiger partial charge in [-0.1, -0.05) is 0 Å². The van der Waals surface area contributed by atoms with E-state index < -0.39 is 41.4 Å². The first kappa shape index (κ1) is 22.9. The Hall–Kier alpha value is -2.82. The smallest absolute Gasteiger partial charge is 0.398 e. The van der Waals surface area contributed by atoms with Gasteiger partial charge in [-0.05, 0) is 32.8 Å². The van der Waals surface area contributed by atoms with Crippen molar-refractivity contribution >= 4 is 17.4 Å². The molecule has 3 heterocycles. The number of nitrogens with two attached hydrogens (primary N) is 1. The third kappa shape index (κ3) is 4.92. The second-order valence-electron chi connectivity index (χ2n) is 7.98. The second kappa shape index (κ2) is 8.74. The zero-order valence-electron chi connectivity index (χ0n) is 17.2. The normalized spacial score (nSPS) is 24.9. The molecular weight excluding hydrogens is 415 g/mol. The lowest BCUT2D eigenvalue weighted by atomic mass is 9.81. The Bertz CT molecular complexity index is 862. The summed E-state index contributed by atoms with van der Waals surface area (Å²) in [6, 6.07) is 3.63. The first-order valence-corrected chi connectivity index (χ1v) is 10.0. The Balaban J connectivity index is 1.75. The molecule has 0 saturated carbocycles. The summed E-state index contributed by atoms with van der Waals surface area (Å²) in [4.78, 5) is 17.9. The van der Waals surface area contributed by atoms with E-state index in [2.05, 4.69) is 4.98 Å². The summed E-state index contributed by atoms with van der Waals surface area (Å²) in [5.74, 6) is -4.37. The summed E-state index contributed by atoms with van der Waals surface area (Å²) < 4.78 is 46.2. The summed E-state index contributed by atoms with van der Waals surface area (Å²) in [7, 11) is 0. The van der Waals surface area contributed by atoms with Gasteiger partial charge in [-0.2, -0.15) is 13.2 Å². The van der Waals surface area contributed by atoms with Gasteiger partial charge < -0.3 is 25.8 Å². The fourth-order valence-electron chi connectivity index (χ4n) is 3.94. The predicted molar refractivity (Wildman–Crippen MR) is 108 cm³/mol. The van der Waals surface area contributed by atoms with Crippen molar-refractivity contribution in [1.82, 2.24) is 10.3 Å². The highest BCUT2D eigenvalue weighted by Gasteiger charge is 2.54. The first-order valence-electron chi connectivity index (χ1n) is 10.0. The number of amides is 1. The molecule has 11 heteroatoms. The van der Waals surface area contributed by atoms with E-state index >= 15 is 0 Å². The van der Waals surface area contributed by atoms with E-state index in [1.54, 1.807) is 12.3 Å². The number of aromatic nitrogens is 1. The topological polar surface area (TPSA) is 125 Å². The van der Waals surface area contributed by atoms with Gasteiger partial charge in [-0.3, -0.25) is 10.2 Å². The Morgan fingerprint density at radius 2 is 2.00 bits per heavy atom. The van der Waals surface area contributed by atoms with Crippen LogP contribution in [0.25, 0.3) is 0 Å². The number of aliphatic hydroxyl groups is 1. The van der Waals surface area contributed by atoms with Crippen LogP contribution in [0.5, 0.6) is 5.88 Å². The summed E-state index contributed by atoms with van der Waals surface area (Å²) in [5.41, 5.74) is 6.30. The number of aliphatic hydroxyl groups excluding tert-OH is 1. The van der Waals surface area contributed by atoms with Crippen LogP contribution in [0.2, 0.25) is 0 Å². The summed E-state index contributed by atoms with van der Waals surface area (Å²) in [6.07, 6.45) is -4.63. The number of halogens is 3. The number of ether oxygens (including phenoxy) is 1. The predicted octanol–water partition coefficient (Wildman–Crippen LogP) is 1.94. The van der Waals surface area contributed by atoms with Gasteiger partial charge in [0, 0.05) is 36.3 Å². The van der Waals surface area contributed by atoms with Gasteiger partial charge in [0.15, 0.2) is 0 Å². The molecule has 2 fully saturated rings. The van der Waals surface area contributed by atoms with E-state index in [9.17, 15) is 23.1 Å². The van der Waals surface area contributed by atoms with E-state index in [0.717, 1.165) is 5.69 Å². The van der Waals surface area contributed by atoms with Gasteiger partial charge in [0.05, 0.1) is 18.0 Å². The molecule has 2 saturated heterocycles. The number of hydrogen-bond acceptors (Lipinski definition) is 7. The molecule has 0 spiro atoms. The van der Waals surface area contributed by atoms with E-state index in [0.29, 0.717) is 31.8 Å². The zero-order chi connectivity index (χ0) is 22.9. The maximum Gasteiger partial charge on any atom is 0.398 e. The number of carbonyl (C=O) groups excluding carboxylic acids is 1. The van der Waals surface area contributed by atoms with Gasteiger partial charge >= 0.3 is 6.18 Å². The molecule has 1 aromatic rings. The Morgan fingerprint density at radius 1 is 1.35 bits per heavy atom. The number of nitrogens with zero attached hydrogens (tertiary/aromatic N) is 2. The van der Waals surface area contributed by atoms with Crippen molar-refractivity contribution in [1.29, 1.82) is 5.41 Å². The molecule has 0 unspecified atom stereocenters. The van der Waals surface area contributed by atoms with E-state index in [1.807, 2.05) is 30.1 Å². The first-order chi connectivity index (χ1) is 14.5. The van der Waals surface area contributed by atoms with Crippen LogP contribution in [0.4, 0.5) is 18.9 Å². The van der Waals surface area contributed by atoms with E-state index in [1.165, 1.54) is 0 Å². The number of carbonyl (C=O) groups is 1. The molecule has 1 amide bonds. The van der Waals surface area contributed by atoms with Crippen LogP contribution < -0.4 is 20.7 Å². The fraction of sp³-hybridized carbons (Fsp3) is 0.550. The van der Waals surface area contributed by atoms with Crippen LogP contribution in [0.1, 0.15) is 26.7 Å². The summed E-state index contributed by atoms with van der Waals surface area (Å²) in [6.45, 7) is 4.87. The molecular formula is C20H26F3N5O3. The quantitative estimate of drug-likeness (QED) is 0.566. The molecule has 0 radical (unpaired) electrons. The average Bonchev–Trinajstić information content (AvgIpc) is 2.69. The molecule has 2 atom stereocenters. The Labute approximate surface area is 177 Å². The maximum absolute atomic E-state index is 13.6. The molecule has 170 valence electrons. The van der Waals surface area contributed by atoms with Crippen LogP contribution >= 0.6 is 0 Å². The minimum absolute atomic E-state index is 0.00690. The number of rotatable bonds is 4. The Kier molecular flexibility index (Phi) is 6.44. The molecule has 1 aromatic heterocycles. The van der Waals surface area contributed by atoms with Crippen molar-refractivity contribution in [2.75, 3.05) is 18.0 Å². The SMILES string of the molecule is CC(C)Oc1ccc(N2CCC(C(N)=C3C(=N)NC(=O)[C@H](O)[C@@H]3C(F)(F)F)CC2)cn1. The third-order valence-corrected chi connectivity index (χ3v) is 5.45. The molecule has 2 aliphatic heterocycles. The highest BCUT2D eigenvalue weighted by Crippen LogP contribution is 2.40. The van der Waals surface area contributed by atoms with E-state index in [-0.39, 0.29) is 11.8 Å². The minimum atomic E-state index is -4.91. The van der Waals surface area contributed by atoms with Crippen molar-refractivity contribution in [2.24, 2.45) is 17.6 Å². The maximum atomic E-state index is 13.6. The molecule has 0 bridgehead atoms. The van der Waals surface area contributed by atoms with Crippen molar-refractivity contribution < 1.29 is 27.8 Å². The monoisotopic (exact) mass is 441 g/mol. The molecule has 8 nitrogen and oxygen atoms in total. The molecule has 0 aromatic carbocycles. The number of alkyl halides is 3. The number of nitrogens with one attached hydrogen (secondary N) is 2. The number of piperidine rings is 2. The molecule has 5 N–H and O–H groups in total. The summed E-state index contributed by atoms with van der Waals surface area (Å²) in [5, 5.41) is 19.7. The second-order valence-corrected chi connectivity index (χ2v) is 7.98. The summed E-state index contributed by atoms with van der Waals surface area (Å²) >= 11 is 0. The fourth-order valence-corrected chi connectivity index (χ4v) is 3.94. The molecule has 3 rings (SSSR count). The third-order valence-electron chi connectivity index (χ3n) is 5.45. The van der Waals surface area contributed by atoms with Gasteiger partial charge in [0.1, 0.15) is 17.9 Å². The van der Waals surface area contributed by atoms with Crippen molar-refractivity contribution in [2.45, 2.75) is 45.1 Å². The zero-order valence-corrected chi connectivity index (χ0v) is 17.2. The number of hydrogen-bond donors (Lipinski definition) is 4. The van der Waals surface area contributed by atoms with Crippen LogP contribution in [0, 0.1) is 17.2 Å². The number of pyridine rings is 1. The highest BCUT2D eigenvalue weighted by atomic mass is 19.4. The Morgan fingerprint density at radius 3 is 2.52 bits per heavy atom. The van der Waals surface area contributed by atoms with Crippen LogP contribution in [-0.2, 0) is 4.79 Å².